The van der Waals surface area contributed by atoms with Crippen molar-refractivity contribution in [3.63, 3.8) is 0 Å². The van der Waals surface area contributed by atoms with E-state index in [1.807, 2.05) is 49.4 Å². The first-order valence-corrected chi connectivity index (χ1v) is 7.94. The second-order valence-electron chi connectivity index (χ2n) is 4.53. The molecular formula is C16H15ClINO. The number of nitrogens with one attached hydrogen (secondary N) is 1. The van der Waals surface area contributed by atoms with Crippen LogP contribution in [0.3, 0.4) is 0 Å². The lowest BCUT2D eigenvalue weighted by Crippen LogP contribution is -2.13. The Bertz CT molecular complexity index is 610. The zero-order valence-corrected chi connectivity index (χ0v) is 14.0. The zero-order valence-electron chi connectivity index (χ0n) is 11.1. The van der Waals surface area contributed by atoms with E-state index in [9.17, 15) is 4.79 Å². The lowest BCUT2D eigenvalue weighted by molar-refractivity contribution is 0.102. The fourth-order valence-electron chi connectivity index (χ4n) is 1.89. The van der Waals surface area contributed by atoms with Crippen LogP contribution in [-0.2, 0) is 6.42 Å². The van der Waals surface area contributed by atoms with Crippen LogP contribution >= 0.6 is 34.2 Å². The van der Waals surface area contributed by atoms with E-state index in [1.54, 1.807) is 0 Å². The first-order valence-electron chi connectivity index (χ1n) is 6.33. The molecule has 2 rings (SSSR count). The molecule has 1 N–H and O–H groups in total. The van der Waals surface area contributed by atoms with Gasteiger partial charge in [0, 0.05) is 15.1 Å². The highest BCUT2D eigenvalue weighted by Gasteiger charge is 2.11. The first-order chi connectivity index (χ1) is 9.61. The number of carbonyl (C=O) groups excluding carboxylic acids is 1. The minimum absolute atomic E-state index is 0.0804. The van der Waals surface area contributed by atoms with Crippen molar-refractivity contribution >= 4 is 45.8 Å². The molecule has 0 spiro atoms. The van der Waals surface area contributed by atoms with E-state index in [-0.39, 0.29) is 5.91 Å². The van der Waals surface area contributed by atoms with Crippen molar-refractivity contribution < 1.29 is 4.79 Å². The average Bonchev–Trinajstić information content (AvgIpc) is 2.44. The van der Waals surface area contributed by atoms with Gasteiger partial charge >= 0.3 is 0 Å². The second kappa shape index (κ2) is 7.09. The van der Waals surface area contributed by atoms with Crippen molar-refractivity contribution in [3.8, 4) is 0 Å². The maximum atomic E-state index is 12.3. The van der Waals surface area contributed by atoms with Gasteiger partial charge in [-0.2, -0.15) is 0 Å². The van der Waals surface area contributed by atoms with Gasteiger partial charge in [-0.1, -0.05) is 24.3 Å². The van der Waals surface area contributed by atoms with Gasteiger partial charge in [0.2, 0.25) is 0 Å². The van der Waals surface area contributed by atoms with Crippen LogP contribution in [-0.4, -0.2) is 11.8 Å². The molecule has 0 bridgehead atoms. The van der Waals surface area contributed by atoms with Gasteiger partial charge in [-0.05, 0) is 65.3 Å². The molecule has 0 saturated heterocycles. The minimum atomic E-state index is -0.0804. The summed E-state index contributed by atoms with van der Waals surface area (Å²) in [5, 5.41) is 2.92. The van der Waals surface area contributed by atoms with Crippen LogP contribution in [0.15, 0.2) is 42.5 Å². The third kappa shape index (κ3) is 3.73. The van der Waals surface area contributed by atoms with Gasteiger partial charge in [0.1, 0.15) is 0 Å². The van der Waals surface area contributed by atoms with Crippen LogP contribution in [0.25, 0.3) is 0 Å². The minimum Gasteiger partial charge on any atom is -0.322 e. The van der Waals surface area contributed by atoms with Gasteiger partial charge in [-0.25, -0.2) is 0 Å². The van der Waals surface area contributed by atoms with E-state index >= 15 is 0 Å². The van der Waals surface area contributed by atoms with Gasteiger partial charge < -0.3 is 5.32 Å². The predicted octanol–water partition coefficient (Wildman–Crippen LogP) is 4.63. The number of hydrogen-bond donors (Lipinski definition) is 1. The summed E-state index contributed by atoms with van der Waals surface area (Å²) in [7, 11) is 0. The smallest absolute Gasteiger partial charge is 0.256 e. The van der Waals surface area contributed by atoms with Crippen molar-refractivity contribution in [2.24, 2.45) is 0 Å². The monoisotopic (exact) mass is 399 g/mol. The van der Waals surface area contributed by atoms with Crippen molar-refractivity contribution in [1.29, 1.82) is 0 Å². The lowest BCUT2D eigenvalue weighted by Gasteiger charge is -2.09. The fraction of sp³-hybridized carbons (Fsp3) is 0.188. The fourth-order valence-corrected chi connectivity index (χ4v) is 2.71. The zero-order chi connectivity index (χ0) is 14.5. The van der Waals surface area contributed by atoms with Gasteiger partial charge in [0.05, 0.1) is 5.56 Å². The molecule has 0 aliphatic carbocycles. The predicted molar refractivity (Wildman–Crippen MR) is 92.7 cm³/mol. The van der Waals surface area contributed by atoms with Gasteiger partial charge in [0.15, 0.2) is 0 Å². The van der Waals surface area contributed by atoms with E-state index in [4.69, 9.17) is 11.6 Å². The van der Waals surface area contributed by atoms with Crippen LogP contribution < -0.4 is 5.32 Å². The number of carbonyl (C=O) groups is 1. The third-order valence-electron chi connectivity index (χ3n) is 3.03. The Morgan fingerprint density at radius 2 is 1.90 bits per heavy atom. The molecule has 104 valence electrons. The summed E-state index contributed by atoms with van der Waals surface area (Å²) in [6.07, 6.45) is 0.839. The summed E-state index contributed by atoms with van der Waals surface area (Å²) in [6, 6.07) is 13.5. The molecule has 0 aliphatic heterocycles. The van der Waals surface area contributed by atoms with Crippen molar-refractivity contribution in [1.82, 2.24) is 0 Å². The molecule has 0 saturated carbocycles. The normalized spacial score (nSPS) is 10.3. The Morgan fingerprint density at radius 1 is 1.20 bits per heavy atom. The molecule has 20 heavy (non-hydrogen) atoms. The van der Waals surface area contributed by atoms with E-state index in [2.05, 4.69) is 27.9 Å². The topological polar surface area (TPSA) is 29.1 Å². The van der Waals surface area contributed by atoms with Crippen molar-refractivity contribution in [2.45, 2.75) is 13.3 Å². The third-order valence-corrected chi connectivity index (χ3v) is 4.65. The highest BCUT2D eigenvalue weighted by molar-refractivity contribution is 14.1. The number of alkyl halides is 1. The average molecular weight is 400 g/mol. The van der Waals surface area contributed by atoms with E-state index in [1.165, 1.54) is 5.56 Å². The number of halogens is 2. The molecule has 2 nitrogen and oxygen atoms in total. The molecule has 4 heteroatoms. The Labute approximate surface area is 137 Å². The highest BCUT2D eigenvalue weighted by atomic mass is 127. The molecule has 0 unspecified atom stereocenters. The molecular weight excluding hydrogens is 385 g/mol. The summed E-state index contributed by atoms with van der Waals surface area (Å²) in [6.45, 7) is 2.00. The molecule has 0 aromatic heterocycles. The number of hydrogen-bond acceptors (Lipinski definition) is 1. The standard InChI is InChI=1S/C16H15ClINO/c1-11-3-2-4-14(15(11)18)16(20)19-13-7-5-12(6-8-13)9-10-17/h2-8H,9-10H2,1H3,(H,19,20). The molecule has 0 fully saturated rings. The molecule has 2 aromatic rings. The number of rotatable bonds is 4. The molecule has 0 aliphatic rings. The highest BCUT2D eigenvalue weighted by Crippen LogP contribution is 2.18. The molecule has 2 aromatic carbocycles. The van der Waals surface area contributed by atoms with Crippen molar-refractivity contribution in [3.05, 3.63) is 62.7 Å². The van der Waals surface area contributed by atoms with Crippen LogP contribution in [0.4, 0.5) is 5.69 Å². The van der Waals surface area contributed by atoms with Crippen LogP contribution in [0.2, 0.25) is 0 Å². The number of benzene rings is 2. The maximum Gasteiger partial charge on any atom is 0.256 e. The summed E-state index contributed by atoms with van der Waals surface area (Å²) in [4.78, 5) is 12.3. The largest absolute Gasteiger partial charge is 0.322 e. The number of aryl methyl sites for hydroxylation is 2. The quantitative estimate of drug-likeness (QED) is 0.589. The van der Waals surface area contributed by atoms with Gasteiger partial charge in [0.25, 0.3) is 5.91 Å². The first kappa shape index (κ1) is 15.3. The van der Waals surface area contributed by atoms with E-state index in [0.717, 1.165) is 21.2 Å². The van der Waals surface area contributed by atoms with Gasteiger partial charge in [-0.15, -0.1) is 11.6 Å². The Morgan fingerprint density at radius 3 is 2.55 bits per heavy atom. The second-order valence-corrected chi connectivity index (χ2v) is 5.98. The number of anilines is 1. The Balaban J connectivity index is 2.13. The summed E-state index contributed by atoms with van der Waals surface area (Å²) >= 11 is 7.91. The van der Waals surface area contributed by atoms with E-state index < -0.39 is 0 Å². The van der Waals surface area contributed by atoms with Crippen LogP contribution in [0.1, 0.15) is 21.5 Å². The van der Waals surface area contributed by atoms with Crippen LogP contribution in [0.5, 0.6) is 0 Å². The summed E-state index contributed by atoms with van der Waals surface area (Å²) < 4.78 is 0.987. The molecule has 0 atom stereocenters. The summed E-state index contributed by atoms with van der Waals surface area (Å²) in [5.74, 6) is 0.524. The van der Waals surface area contributed by atoms with Gasteiger partial charge in [-0.3, -0.25) is 4.79 Å². The molecule has 1 amide bonds. The SMILES string of the molecule is Cc1cccc(C(=O)Nc2ccc(CCCl)cc2)c1I. The van der Waals surface area contributed by atoms with Crippen LogP contribution in [0, 0.1) is 10.5 Å². The molecule has 0 heterocycles. The maximum absolute atomic E-state index is 12.3. The van der Waals surface area contributed by atoms with Crippen molar-refractivity contribution in [2.75, 3.05) is 11.2 Å². The van der Waals surface area contributed by atoms with E-state index in [0.29, 0.717) is 11.4 Å². The Kier molecular flexibility index (Phi) is 5.43. The number of amides is 1. The lowest BCUT2D eigenvalue weighted by atomic mass is 10.1. The molecule has 0 radical (unpaired) electrons. The summed E-state index contributed by atoms with van der Waals surface area (Å²) in [5.41, 5.74) is 3.78. The Hall–Kier alpha value is -1.07.